The second-order valence-corrected chi connectivity index (χ2v) is 4.42. The molecule has 0 aliphatic heterocycles. The lowest BCUT2D eigenvalue weighted by Crippen LogP contribution is -2.47. The van der Waals surface area contributed by atoms with Gasteiger partial charge in [-0.25, -0.2) is 0 Å². The average Bonchev–Trinajstić information content (AvgIpc) is 1.99. The molecular formula is C10H20N2O2. The van der Waals surface area contributed by atoms with Crippen LogP contribution in [-0.4, -0.2) is 49.7 Å². The normalized spacial score (nSPS) is 19.4. The Hall–Kier alpha value is -0.610. The molecule has 1 fully saturated rings. The van der Waals surface area contributed by atoms with Crippen molar-refractivity contribution in [1.82, 2.24) is 10.2 Å². The molecule has 0 atom stereocenters. The number of carbonyl (C=O) groups is 1. The molecule has 0 spiro atoms. The summed E-state index contributed by atoms with van der Waals surface area (Å²) >= 11 is 0. The maximum atomic E-state index is 11.0. The van der Waals surface area contributed by atoms with E-state index in [-0.39, 0.29) is 0 Å². The Morgan fingerprint density at radius 2 is 2.14 bits per heavy atom. The number of carboxylic acids is 1. The van der Waals surface area contributed by atoms with Crippen molar-refractivity contribution in [3.05, 3.63) is 0 Å². The number of hydrogen-bond acceptors (Lipinski definition) is 3. The lowest BCUT2D eigenvalue weighted by molar-refractivity contribution is -0.154. The topological polar surface area (TPSA) is 52.6 Å². The van der Waals surface area contributed by atoms with Crippen molar-refractivity contribution in [1.29, 1.82) is 0 Å². The molecule has 1 rings (SSSR count). The van der Waals surface area contributed by atoms with Gasteiger partial charge in [0.1, 0.15) is 0 Å². The predicted octanol–water partition coefficient (Wildman–Crippen LogP) is 0.393. The first-order valence-electron chi connectivity index (χ1n) is 5.16. The van der Waals surface area contributed by atoms with Gasteiger partial charge in [-0.05, 0) is 26.9 Å². The lowest BCUT2D eigenvalue weighted by Gasteiger charge is -2.37. The Kier molecular flexibility index (Phi) is 3.89. The molecule has 0 unspecified atom stereocenters. The number of likely N-dealkylation sites (N-methyl/N-ethyl adjacent to an activating group) is 1. The number of nitrogens with zero attached hydrogens (tertiary/aromatic N) is 1. The van der Waals surface area contributed by atoms with E-state index in [1.807, 2.05) is 14.1 Å². The van der Waals surface area contributed by atoms with Crippen LogP contribution in [0, 0.1) is 5.41 Å². The van der Waals surface area contributed by atoms with Crippen LogP contribution in [-0.2, 0) is 4.79 Å². The molecule has 0 radical (unpaired) electrons. The van der Waals surface area contributed by atoms with Gasteiger partial charge in [-0.1, -0.05) is 6.42 Å². The second-order valence-electron chi connectivity index (χ2n) is 4.42. The van der Waals surface area contributed by atoms with Gasteiger partial charge in [0.25, 0.3) is 0 Å². The summed E-state index contributed by atoms with van der Waals surface area (Å²) in [5, 5.41) is 12.3. The molecule has 14 heavy (non-hydrogen) atoms. The molecule has 0 saturated heterocycles. The third-order valence-corrected chi connectivity index (χ3v) is 2.96. The fourth-order valence-corrected chi connectivity index (χ4v) is 1.70. The highest BCUT2D eigenvalue weighted by molar-refractivity contribution is 5.76. The average molecular weight is 200 g/mol. The molecule has 0 amide bonds. The van der Waals surface area contributed by atoms with Crippen molar-refractivity contribution in [2.45, 2.75) is 19.3 Å². The van der Waals surface area contributed by atoms with Gasteiger partial charge in [0, 0.05) is 19.6 Å². The van der Waals surface area contributed by atoms with Crippen LogP contribution in [0.3, 0.4) is 0 Å². The first kappa shape index (κ1) is 11.5. The summed E-state index contributed by atoms with van der Waals surface area (Å²) < 4.78 is 0. The summed E-state index contributed by atoms with van der Waals surface area (Å²) in [6.45, 7) is 2.44. The van der Waals surface area contributed by atoms with Crippen molar-refractivity contribution >= 4 is 5.97 Å². The van der Waals surface area contributed by atoms with Gasteiger partial charge in [0.15, 0.2) is 0 Å². The number of carboxylic acid groups (broad SMARTS) is 1. The van der Waals surface area contributed by atoms with Crippen LogP contribution >= 0.6 is 0 Å². The van der Waals surface area contributed by atoms with Gasteiger partial charge < -0.3 is 15.3 Å². The minimum atomic E-state index is -0.638. The molecule has 2 N–H and O–H groups in total. The van der Waals surface area contributed by atoms with E-state index in [2.05, 4.69) is 10.2 Å². The minimum absolute atomic E-state index is 0.452. The summed E-state index contributed by atoms with van der Waals surface area (Å²) in [6.07, 6.45) is 2.72. The highest BCUT2D eigenvalue weighted by Crippen LogP contribution is 2.40. The quantitative estimate of drug-likeness (QED) is 0.609. The van der Waals surface area contributed by atoms with E-state index < -0.39 is 11.4 Å². The first-order chi connectivity index (χ1) is 6.57. The Bertz CT molecular complexity index is 200. The number of hydrogen-bond donors (Lipinski definition) is 2. The largest absolute Gasteiger partial charge is 0.481 e. The first-order valence-corrected chi connectivity index (χ1v) is 5.16. The Morgan fingerprint density at radius 1 is 1.50 bits per heavy atom. The summed E-state index contributed by atoms with van der Waals surface area (Å²) in [4.78, 5) is 13.1. The van der Waals surface area contributed by atoms with E-state index in [0.717, 1.165) is 32.4 Å². The summed E-state index contributed by atoms with van der Waals surface area (Å²) in [5.41, 5.74) is -0.452. The van der Waals surface area contributed by atoms with E-state index in [1.54, 1.807) is 0 Å². The molecule has 1 aliphatic carbocycles. The molecule has 0 aromatic carbocycles. The molecule has 0 heterocycles. The molecular weight excluding hydrogens is 180 g/mol. The molecule has 1 aliphatic rings. The second kappa shape index (κ2) is 4.75. The zero-order chi connectivity index (χ0) is 10.6. The van der Waals surface area contributed by atoms with Crippen LogP contribution in [0.1, 0.15) is 19.3 Å². The molecule has 82 valence electrons. The summed E-state index contributed by atoms with van der Waals surface area (Å²) in [7, 11) is 4.02. The Labute approximate surface area is 85.3 Å². The van der Waals surface area contributed by atoms with Crippen LogP contribution < -0.4 is 5.32 Å². The van der Waals surface area contributed by atoms with Gasteiger partial charge in [0.05, 0.1) is 5.41 Å². The summed E-state index contributed by atoms with van der Waals surface area (Å²) in [6, 6.07) is 0. The highest BCUT2D eigenvalue weighted by Gasteiger charge is 2.43. The van der Waals surface area contributed by atoms with Crippen LogP contribution in [0.2, 0.25) is 0 Å². The van der Waals surface area contributed by atoms with Crippen molar-refractivity contribution in [3.63, 3.8) is 0 Å². The van der Waals surface area contributed by atoms with Gasteiger partial charge in [-0.3, -0.25) is 4.79 Å². The van der Waals surface area contributed by atoms with Crippen molar-refractivity contribution in [2.75, 3.05) is 33.7 Å². The van der Waals surface area contributed by atoms with Crippen molar-refractivity contribution < 1.29 is 9.90 Å². The molecule has 0 aromatic rings. The van der Waals surface area contributed by atoms with Gasteiger partial charge in [-0.2, -0.15) is 0 Å². The fraction of sp³-hybridized carbons (Fsp3) is 0.900. The van der Waals surface area contributed by atoms with Gasteiger partial charge >= 0.3 is 5.97 Å². The zero-order valence-corrected chi connectivity index (χ0v) is 9.05. The van der Waals surface area contributed by atoms with Gasteiger partial charge in [0.2, 0.25) is 0 Å². The molecule has 4 heteroatoms. The SMILES string of the molecule is CN(C)CCNCC1(C(=O)O)CCC1. The number of nitrogens with one attached hydrogen (secondary N) is 1. The van der Waals surface area contributed by atoms with Crippen LogP contribution in [0.25, 0.3) is 0 Å². The van der Waals surface area contributed by atoms with Crippen molar-refractivity contribution in [3.8, 4) is 0 Å². The van der Waals surface area contributed by atoms with Gasteiger partial charge in [-0.15, -0.1) is 0 Å². The van der Waals surface area contributed by atoms with E-state index in [9.17, 15) is 4.79 Å². The molecule has 1 saturated carbocycles. The van der Waals surface area contributed by atoms with Crippen LogP contribution in [0.4, 0.5) is 0 Å². The van der Waals surface area contributed by atoms with E-state index in [1.165, 1.54) is 0 Å². The minimum Gasteiger partial charge on any atom is -0.481 e. The smallest absolute Gasteiger partial charge is 0.310 e. The highest BCUT2D eigenvalue weighted by atomic mass is 16.4. The monoisotopic (exact) mass is 200 g/mol. The van der Waals surface area contributed by atoms with E-state index in [0.29, 0.717) is 6.54 Å². The Morgan fingerprint density at radius 3 is 2.50 bits per heavy atom. The maximum absolute atomic E-state index is 11.0. The fourth-order valence-electron chi connectivity index (χ4n) is 1.70. The molecule has 4 nitrogen and oxygen atoms in total. The number of aliphatic carboxylic acids is 1. The predicted molar refractivity (Wildman–Crippen MR) is 55.3 cm³/mol. The molecule has 0 bridgehead atoms. The number of rotatable bonds is 6. The van der Waals surface area contributed by atoms with Crippen molar-refractivity contribution in [2.24, 2.45) is 5.41 Å². The van der Waals surface area contributed by atoms with Crippen LogP contribution in [0.15, 0.2) is 0 Å². The van der Waals surface area contributed by atoms with E-state index >= 15 is 0 Å². The third-order valence-electron chi connectivity index (χ3n) is 2.96. The third kappa shape index (κ3) is 2.69. The molecule has 0 aromatic heterocycles. The standard InChI is InChI=1S/C10H20N2O2/c1-12(2)7-6-11-8-10(9(13)14)4-3-5-10/h11H,3-8H2,1-2H3,(H,13,14). The lowest BCUT2D eigenvalue weighted by atomic mass is 9.69. The summed E-state index contributed by atoms with van der Waals surface area (Å²) in [5.74, 6) is -0.638. The van der Waals surface area contributed by atoms with Crippen LogP contribution in [0.5, 0.6) is 0 Å². The maximum Gasteiger partial charge on any atom is 0.310 e. The Balaban J connectivity index is 2.19. The van der Waals surface area contributed by atoms with E-state index in [4.69, 9.17) is 5.11 Å². The zero-order valence-electron chi connectivity index (χ0n) is 9.05.